The Balaban J connectivity index is 1.65. The monoisotopic (exact) mass is 373 g/mol. The molecule has 6 heteroatoms. The lowest BCUT2D eigenvalue weighted by atomic mass is 10.0. The van der Waals surface area contributed by atoms with Crippen molar-refractivity contribution in [2.75, 3.05) is 6.61 Å². The molecule has 0 unspecified atom stereocenters. The van der Waals surface area contributed by atoms with Crippen LogP contribution >= 0.6 is 0 Å². The summed E-state index contributed by atoms with van der Waals surface area (Å²) in [7, 11) is 0. The van der Waals surface area contributed by atoms with Crippen molar-refractivity contribution in [3.05, 3.63) is 94.0 Å². The van der Waals surface area contributed by atoms with Crippen LogP contribution in [-0.2, 0) is 11.2 Å². The molecule has 0 saturated heterocycles. The maximum atomic E-state index is 12.5. The zero-order valence-corrected chi connectivity index (χ0v) is 15.4. The highest BCUT2D eigenvalue weighted by molar-refractivity contribution is 5.89. The van der Waals surface area contributed by atoms with E-state index in [2.05, 4.69) is 34.3 Å². The minimum atomic E-state index is -0.671. The number of carbonyl (C=O) groups excluding carboxylic acids is 1. The molecule has 0 bridgehead atoms. The second-order valence-electron chi connectivity index (χ2n) is 6.40. The lowest BCUT2D eigenvalue weighted by Crippen LogP contribution is -2.24. The molecule has 2 heterocycles. The van der Waals surface area contributed by atoms with Gasteiger partial charge in [-0.2, -0.15) is 0 Å². The van der Waals surface area contributed by atoms with Crippen molar-refractivity contribution in [2.45, 2.75) is 13.3 Å². The van der Waals surface area contributed by atoms with Gasteiger partial charge in [0.15, 0.2) is 5.65 Å². The van der Waals surface area contributed by atoms with Crippen molar-refractivity contribution in [2.24, 2.45) is 0 Å². The molecule has 0 aliphatic heterocycles. The van der Waals surface area contributed by atoms with Gasteiger partial charge in [0.05, 0.1) is 6.61 Å². The third-order valence-corrected chi connectivity index (χ3v) is 4.55. The van der Waals surface area contributed by atoms with E-state index in [1.54, 1.807) is 13.1 Å². The molecule has 6 nitrogen and oxygen atoms in total. The van der Waals surface area contributed by atoms with Crippen LogP contribution in [0.1, 0.15) is 28.4 Å². The van der Waals surface area contributed by atoms with Crippen LogP contribution in [0.5, 0.6) is 0 Å². The summed E-state index contributed by atoms with van der Waals surface area (Å²) in [6.45, 7) is 1.89. The summed E-state index contributed by atoms with van der Waals surface area (Å²) in [4.78, 5) is 28.7. The first-order valence-electron chi connectivity index (χ1n) is 9.07. The fraction of sp³-hybridized carbons (Fsp3) is 0.136. The van der Waals surface area contributed by atoms with Crippen molar-refractivity contribution in [1.29, 1.82) is 0 Å². The third-order valence-electron chi connectivity index (χ3n) is 4.55. The van der Waals surface area contributed by atoms with Crippen LogP contribution in [0.25, 0.3) is 16.8 Å². The number of rotatable bonds is 5. The van der Waals surface area contributed by atoms with Crippen molar-refractivity contribution in [1.82, 2.24) is 14.6 Å². The maximum absolute atomic E-state index is 12.5. The number of aromatic amines is 1. The van der Waals surface area contributed by atoms with Crippen molar-refractivity contribution < 1.29 is 9.53 Å². The van der Waals surface area contributed by atoms with Gasteiger partial charge in [0.2, 0.25) is 0 Å². The zero-order valence-electron chi connectivity index (χ0n) is 15.4. The van der Waals surface area contributed by atoms with Crippen molar-refractivity contribution in [3.63, 3.8) is 0 Å². The van der Waals surface area contributed by atoms with Crippen molar-refractivity contribution >= 4 is 11.6 Å². The highest BCUT2D eigenvalue weighted by atomic mass is 16.5. The molecule has 2 aromatic carbocycles. The van der Waals surface area contributed by atoms with Gasteiger partial charge in [0.25, 0.3) is 5.56 Å². The van der Waals surface area contributed by atoms with E-state index in [-0.39, 0.29) is 12.2 Å². The highest BCUT2D eigenvalue weighted by Gasteiger charge is 2.17. The van der Waals surface area contributed by atoms with Crippen LogP contribution in [0.3, 0.4) is 0 Å². The Kier molecular flexibility index (Phi) is 4.76. The second-order valence-corrected chi connectivity index (χ2v) is 6.40. The largest absolute Gasteiger partial charge is 0.462 e. The summed E-state index contributed by atoms with van der Waals surface area (Å²) >= 11 is 0. The molecule has 0 amide bonds. The average Bonchev–Trinajstić information content (AvgIpc) is 3.15. The van der Waals surface area contributed by atoms with Gasteiger partial charge in [0, 0.05) is 18.0 Å². The molecule has 28 heavy (non-hydrogen) atoms. The Hall–Kier alpha value is -3.67. The minimum Gasteiger partial charge on any atom is -0.462 e. The van der Waals surface area contributed by atoms with Crippen LogP contribution in [0, 0.1) is 0 Å². The number of H-pyrrole nitrogens is 1. The van der Waals surface area contributed by atoms with Gasteiger partial charge in [-0.3, -0.25) is 9.89 Å². The van der Waals surface area contributed by atoms with Crippen LogP contribution in [0.2, 0.25) is 0 Å². The number of nitrogens with one attached hydrogen (secondary N) is 1. The molecule has 0 atom stereocenters. The van der Waals surface area contributed by atoms with Crippen molar-refractivity contribution in [3.8, 4) is 11.1 Å². The summed E-state index contributed by atoms with van der Waals surface area (Å²) in [5.74, 6) is -0.671. The Bertz CT molecular complexity index is 1180. The van der Waals surface area contributed by atoms with Gasteiger partial charge < -0.3 is 4.74 Å². The molecular formula is C22H19N3O3. The minimum absolute atomic E-state index is 0.0917. The fourth-order valence-corrected chi connectivity index (χ4v) is 3.15. The summed E-state index contributed by atoms with van der Waals surface area (Å²) in [6, 6.07) is 18.4. The standard InChI is InChI=1S/C22H19N3O3/c1-2-28-22(27)19-13-23-20-18(14-24-25(20)21(19)26)17-10-8-16(9-11-17)12-15-6-4-3-5-7-15/h3-11,13-14,24H,2,12H2,1H3. The number of hydrogen-bond acceptors (Lipinski definition) is 4. The number of fused-ring (bicyclic) bond motifs is 1. The predicted molar refractivity (Wildman–Crippen MR) is 106 cm³/mol. The van der Waals surface area contributed by atoms with E-state index >= 15 is 0 Å². The molecule has 0 spiro atoms. The van der Waals surface area contributed by atoms with Gasteiger partial charge in [-0.05, 0) is 30.0 Å². The Labute approximate surface area is 161 Å². The van der Waals surface area contributed by atoms with Gasteiger partial charge in [-0.1, -0.05) is 54.6 Å². The number of hydrogen-bond donors (Lipinski definition) is 1. The molecule has 0 saturated carbocycles. The number of ether oxygens (including phenoxy) is 1. The molecule has 4 aromatic rings. The summed E-state index contributed by atoms with van der Waals surface area (Å²) < 4.78 is 6.17. The van der Waals surface area contributed by atoms with Crippen LogP contribution in [0.15, 0.2) is 71.8 Å². The van der Waals surface area contributed by atoms with E-state index in [4.69, 9.17) is 4.74 Å². The molecule has 140 valence electrons. The molecule has 1 N–H and O–H groups in total. The predicted octanol–water partition coefficient (Wildman–Crippen LogP) is 3.46. The molecule has 2 aromatic heterocycles. The molecule has 0 radical (unpaired) electrons. The Morgan fingerprint density at radius 3 is 2.50 bits per heavy atom. The number of esters is 1. The first-order chi connectivity index (χ1) is 13.7. The Morgan fingerprint density at radius 2 is 1.79 bits per heavy atom. The van der Waals surface area contributed by atoms with E-state index in [9.17, 15) is 9.59 Å². The van der Waals surface area contributed by atoms with Gasteiger partial charge in [-0.15, -0.1) is 0 Å². The van der Waals surface area contributed by atoms with E-state index in [0.717, 1.165) is 17.5 Å². The van der Waals surface area contributed by atoms with Crippen LogP contribution in [-0.4, -0.2) is 27.2 Å². The highest BCUT2D eigenvalue weighted by Crippen LogP contribution is 2.23. The average molecular weight is 373 g/mol. The van der Waals surface area contributed by atoms with Gasteiger partial charge >= 0.3 is 5.97 Å². The smallest absolute Gasteiger partial charge is 0.345 e. The molecular weight excluding hydrogens is 354 g/mol. The molecule has 0 aliphatic carbocycles. The maximum Gasteiger partial charge on any atom is 0.345 e. The molecule has 0 aliphatic rings. The second kappa shape index (κ2) is 7.52. The van der Waals surface area contributed by atoms with Crippen LogP contribution in [0.4, 0.5) is 0 Å². The number of aromatic nitrogens is 3. The zero-order chi connectivity index (χ0) is 19.5. The van der Waals surface area contributed by atoms with E-state index < -0.39 is 11.5 Å². The molecule has 0 fully saturated rings. The van der Waals surface area contributed by atoms with Crippen LogP contribution < -0.4 is 5.56 Å². The molecule has 4 rings (SSSR count). The first-order valence-corrected chi connectivity index (χ1v) is 9.07. The number of nitrogens with zero attached hydrogens (tertiary/aromatic N) is 2. The number of carbonyl (C=O) groups is 1. The van der Waals surface area contributed by atoms with E-state index in [1.807, 2.05) is 30.3 Å². The van der Waals surface area contributed by atoms with E-state index in [1.165, 1.54) is 21.8 Å². The lowest BCUT2D eigenvalue weighted by molar-refractivity contribution is 0.0523. The lowest BCUT2D eigenvalue weighted by Gasteiger charge is -2.04. The number of benzene rings is 2. The third kappa shape index (κ3) is 3.32. The first kappa shape index (κ1) is 17.7. The quantitative estimate of drug-likeness (QED) is 0.544. The fourth-order valence-electron chi connectivity index (χ4n) is 3.15. The Morgan fingerprint density at radius 1 is 1.07 bits per heavy atom. The normalized spacial score (nSPS) is 10.9. The summed E-state index contributed by atoms with van der Waals surface area (Å²) in [5, 5.41) is 2.88. The van der Waals surface area contributed by atoms with E-state index in [0.29, 0.717) is 5.65 Å². The topological polar surface area (TPSA) is 76.5 Å². The van der Waals surface area contributed by atoms with Gasteiger partial charge in [0.1, 0.15) is 5.56 Å². The SMILES string of the molecule is CCOC(=O)c1cnc2c(-c3ccc(Cc4ccccc4)cc3)c[nH]n2c1=O. The summed E-state index contributed by atoms with van der Waals surface area (Å²) in [5.41, 5.74) is 4.08. The van der Waals surface area contributed by atoms with Gasteiger partial charge in [-0.25, -0.2) is 14.3 Å². The summed E-state index contributed by atoms with van der Waals surface area (Å²) in [6.07, 6.45) is 3.84.